The van der Waals surface area contributed by atoms with Gasteiger partial charge in [-0.3, -0.25) is 4.79 Å². The number of carbonyl (C=O) groups excluding carboxylic acids is 1. The fourth-order valence-corrected chi connectivity index (χ4v) is 2.85. The zero-order valence-electron chi connectivity index (χ0n) is 16.9. The molecule has 29 heavy (non-hydrogen) atoms. The minimum absolute atomic E-state index is 0.0328. The zero-order chi connectivity index (χ0) is 20.5. The summed E-state index contributed by atoms with van der Waals surface area (Å²) in [5.74, 6) is 1.77. The van der Waals surface area contributed by atoms with Gasteiger partial charge in [0, 0.05) is 5.69 Å². The van der Waals surface area contributed by atoms with E-state index in [4.69, 9.17) is 9.47 Å². The van der Waals surface area contributed by atoms with Crippen LogP contribution in [0.2, 0.25) is 0 Å². The van der Waals surface area contributed by atoms with Crippen molar-refractivity contribution in [3.8, 4) is 11.5 Å². The second-order valence-corrected chi connectivity index (χ2v) is 7.01. The molecule has 0 aliphatic heterocycles. The monoisotopic (exact) mass is 389 g/mol. The standard InChI is InChI=1S/C25H27NO3/c1-3-19(2)21-9-13-23(14-10-21)29-18-25(27)26-22-11-15-24(16-12-22)28-17-20-7-5-4-6-8-20/h4-16,19H,3,17-18H2,1-2H3,(H,26,27)/t19-/m1/s1. The van der Waals surface area contributed by atoms with Crippen LogP contribution in [-0.4, -0.2) is 12.5 Å². The number of nitrogens with one attached hydrogen (secondary N) is 1. The number of benzene rings is 3. The largest absolute Gasteiger partial charge is 0.489 e. The SMILES string of the molecule is CC[C@@H](C)c1ccc(OCC(=O)Nc2ccc(OCc3ccccc3)cc2)cc1. The minimum atomic E-state index is -0.200. The van der Waals surface area contributed by atoms with Crippen LogP contribution in [0.15, 0.2) is 78.9 Å². The maximum Gasteiger partial charge on any atom is 0.262 e. The van der Waals surface area contributed by atoms with Crippen molar-refractivity contribution >= 4 is 11.6 Å². The van der Waals surface area contributed by atoms with Gasteiger partial charge >= 0.3 is 0 Å². The lowest BCUT2D eigenvalue weighted by Crippen LogP contribution is -2.20. The van der Waals surface area contributed by atoms with Crippen molar-refractivity contribution in [1.82, 2.24) is 0 Å². The molecule has 0 heterocycles. The number of amides is 1. The topological polar surface area (TPSA) is 47.6 Å². The van der Waals surface area contributed by atoms with Gasteiger partial charge in [-0.05, 0) is 59.9 Å². The predicted octanol–water partition coefficient (Wildman–Crippen LogP) is 5.80. The number of ether oxygens (including phenoxy) is 2. The van der Waals surface area contributed by atoms with Crippen molar-refractivity contribution in [3.63, 3.8) is 0 Å². The lowest BCUT2D eigenvalue weighted by atomic mass is 9.99. The van der Waals surface area contributed by atoms with E-state index in [-0.39, 0.29) is 12.5 Å². The third kappa shape index (κ3) is 6.39. The van der Waals surface area contributed by atoms with Gasteiger partial charge in [-0.1, -0.05) is 56.3 Å². The summed E-state index contributed by atoms with van der Waals surface area (Å²) in [4.78, 5) is 12.1. The summed E-state index contributed by atoms with van der Waals surface area (Å²) in [5.41, 5.74) is 3.09. The van der Waals surface area contributed by atoms with Gasteiger partial charge in [0.05, 0.1) is 0 Å². The van der Waals surface area contributed by atoms with Crippen molar-refractivity contribution in [3.05, 3.63) is 90.0 Å². The molecular weight excluding hydrogens is 362 g/mol. The van der Waals surface area contributed by atoms with Gasteiger partial charge in [0.15, 0.2) is 6.61 Å². The van der Waals surface area contributed by atoms with Crippen LogP contribution in [0.3, 0.4) is 0 Å². The Labute approximate surface area is 172 Å². The molecule has 0 bridgehead atoms. The number of rotatable bonds is 9. The molecule has 3 aromatic carbocycles. The quantitative estimate of drug-likeness (QED) is 0.503. The van der Waals surface area contributed by atoms with Gasteiger partial charge in [0.1, 0.15) is 18.1 Å². The number of carbonyl (C=O) groups is 1. The van der Waals surface area contributed by atoms with E-state index >= 15 is 0 Å². The van der Waals surface area contributed by atoms with Crippen LogP contribution in [0.1, 0.15) is 37.3 Å². The average Bonchev–Trinajstić information content (AvgIpc) is 2.78. The highest BCUT2D eigenvalue weighted by Gasteiger charge is 2.06. The Morgan fingerprint density at radius 2 is 1.48 bits per heavy atom. The third-order valence-electron chi connectivity index (χ3n) is 4.82. The fourth-order valence-electron chi connectivity index (χ4n) is 2.85. The van der Waals surface area contributed by atoms with Crippen molar-refractivity contribution in [2.24, 2.45) is 0 Å². The number of anilines is 1. The van der Waals surface area contributed by atoms with Crippen LogP contribution in [-0.2, 0) is 11.4 Å². The lowest BCUT2D eigenvalue weighted by Gasteiger charge is -2.11. The summed E-state index contributed by atoms with van der Waals surface area (Å²) in [5, 5.41) is 2.83. The Kier molecular flexibility index (Phi) is 7.28. The molecule has 1 atom stereocenters. The van der Waals surface area contributed by atoms with Crippen LogP contribution in [0.5, 0.6) is 11.5 Å². The van der Waals surface area contributed by atoms with E-state index in [0.717, 1.165) is 17.7 Å². The molecule has 3 rings (SSSR count). The predicted molar refractivity (Wildman–Crippen MR) is 116 cm³/mol. The zero-order valence-corrected chi connectivity index (χ0v) is 16.9. The van der Waals surface area contributed by atoms with E-state index in [1.54, 1.807) is 0 Å². The molecule has 1 amide bonds. The van der Waals surface area contributed by atoms with Crippen LogP contribution in [0.25, 0.3) is 0 Å². The molecule has 0 aromatic heterocycles. The molecule has 0 aliphatic carbocycles. The molecule has 0 radical (unpaired) electrons. The van der Waals surface area contributed by atoms with E-state index in [0.29, 0.717) is 24.0 Å². The summed E-state index contributed by atoms with van der Waals surface area (Å²) in [6.45, 7) is 4.84. The van der Waals surface area contributed by atoms with E-state index in [1.165, 1.54) is 5.56 Å². The van der Waals surface area contributed by atoms with Crippen molar-refractivity contribution in [2.45, 2.75) is 32.8 Å². The van der Waals surface area contributed by atoms with E-state index < -0.39 is 0 Å². The molecule has 0 unspecified atom stereocenters. The fraction of sp³-hybridized carbons (Fsp3) is 0.240. The van der Waals surface area contributed by atoms with Crippen molar-refractivity contribution in [2.75, 3.05) is 11.9 Å². The van der Waals surface area contributed by atoms with Crippen LogP contribution >= 0.6 is 0 Å². The molecule has 3 aromatic rings. The van der Waals surface area contributed by atoms with E-state index in [1.807, 2.05) is 66.7 Å². The van der Waals surface area contributed by atoms with Gasteiger partial charge in [-0.2, -0.15) is 0 Å². The Bertz CT molecular complexity index is 890. The Morgan fingerprint density at radius 1 is 0.862 bits per heavy atom. The second-order valence-electron chi connectivity index (χ2n) is 7.01. The summed E-state index contributed by atoms with van der Waals surface area (Å²) in [6, 6.07) is 25.2. The minimum Gasteiger partial charge on any atom is -0.489 e. The smallest absolute Gasteiger partial charge is 0.262 e. The average molecular weight is 389 g/mol. The van der Waals surface area contributed by atoms with Gasteiger partial charge in [-0.15, -0.1) is 0 Å². The molecule has 150 valence electrons. The van der Waals surface area contributed by atoms with Gasteiger partial charge < -0.3 is 14.8 Å². The maximum absolute atomic E-state index is 12.1. The highest BCUT2D eigenvalue weighted by Crippen LogP contribution is 2.21. The maximum atomic E-state index is 12.1. The van der Waals surface area contributed by atoms with Crippen LogP contribution in [0.4, 0.5) is 5.69 Å². The summed E-state index contributed by atoms with van der Waals surface area (Å²) in [7, 11) is 0. The first-order chi connectivity index (χ1) is 14.1. The van der Waals surface area contributed by atoms with Crippen molar-refractivity contribution < 1.29 is 14.3 Å². The second kappa shape index (κ2) is 10.3. The summed E-state index contributed by atoms with van der Waals surface area (Å²) < 4.78 is 11.3. The third-order valence-corrected chi connectivity index (χ3v) is 4.82. The normalized spacial score (nSPS) is 11.5. The molecular formula is C25H27NO3. The first kappa shape index (κ1) is 20.5. The molecule has 4 heteroatoms. The molecule has 0 spiro atoms. The van der Waals surface area contributed by atoms with Gasteiger partial charge in [0.2, 0.25) is 0 Å². The molecule has 0 saturated heterocycles. The summed E-state index contributed by atoms with van der Waals surface area (Å²) in [6.07, 6.45) is 1.10. The van der Waals surface area contributed by atoms with Gasteiger partial charge in [0.25, 0.3) is 5.91 Å². The highest BCUT2D eigenvalue weighted by molar-refractivity contribution is 5.91. The Morgan fingerprint density at radius 3 is 2.14 bits per heavy atom. The molecule has 0 fully saturated rings. The Hall–Kier alpha value is -3.27. The van der Waals surface area contributed by atoms with Gasteiger partial charge in [-0.25, -0.2) is 0 Å². The van der Waals surface area contributed by atoms with Crippen molar-refractivity contribution in [1.29, 1.82) is 0 Å². The van der Waals surface area contributed by atoms with Crippen LogP contribution in [0, 0.1) is 0 Å². The number of hydrogen-bond acceptors (Lipinski definition) is 3. The molecule has 4 nitrogen and oxygen atoms in total. The van der Waals surface area contributed by atoms with E-state index in [2.05, 4.69) is 31.3 Å². The lowest BCUT2D eigenvalue weighted by molar-refractivity contribution is -0.118. The first-order valence-corrected chi connectivity index (χ1v) is 9.93. The van der Waals surface area contributed by atoms with Crippen LogP contribution < -0.4 is 14.8 Å². The van der Waals surface area contributed by atoms with E-state index in [9.17, 15) is 4.79 Å². The molecule has 0 saturated carbocycles. The first-order valence-electron chi connectivity index (χ1n) is 9.93. The summed E-state index contributed by atoms with van der Waals surface area (Å²) >= 11 is 0. The number of hydrogen-bond donors (Lipinski definition) is 1. The molecule has 1 N–H and O–H groups in total. The highest BCUT2D eigenvalue weighted by atomic mass is 16.5. The Balaban J connectivity index is 1.44. The molecule has 0 aliphatic rings.